The predicted octanol–water partition coefficient (Wildman–Crippen LogP) is 4.17. The van der Waals surface area contributed by atoms with Crippen molar-refractivity contribution < 1.29 is 21.6 Å². The van der Waals surface area contributed by atoms with Crippen LogP contribution in [-0.4, -0.2) is 53.2 Å². The van der Waals surface area contributed by atoms with Crippen LogP contribution in [0.1, 0.15) is 36.8 Å². The zero-order valence-electron chi connectivity index (χ0n) is 19.4. The average molecular weight is 504 g/mol. The highest BCUT2D eigenvalue weighted by atomic mass is 32.2. The van der Waals surface area contributed by atoms with Crippen LogP contribution in [0.4, 0.5) is 0 Å². The van der Waals surface area contributed by atoms with E-state index in [1.54, 1.807) is 0 Å². The largest absolute Gasteiger partial charge is 0.381 e. The van der Waals surface area contributed by atoms with Gasteiger partial charge in [-0.2, -0.15) is 4.31 Å². The maximum absolute atomic E-state index is 13.2. The molecule has 2 saturated heterocycles. The minimum Gasteiger partial charge on any atom is -0.381 e. The van der Waals surface area contributed by atoms with Crippen molar-refractivity contribution >= 4 is 25.9 Å². The molecule has 8 heteroatoms. The van der Waals surface area contributed by atoms with Gasteiger partial charge in [-0.05, 0) is 79.3 Å². The summed E-state index contributed by atoms with van der Waals surface area (Å²) in [6.07, 6.45) is 5.84. The average Bonchev–Trinajstić information content (AvgIpc) is 2.85. The number of piperidine rings is 1. The number of sulfone groups is 1. The van der Waals surface area contributed by atoms with E-state index < -0.39 is 19.9 Å². The third-order valence-electron chi connectivity index (χ3n) is 6.97. The van der Waals surface area contributed by atoms with Crippen LogP contribution < -0.4 is 0 Å². The van der Waals surface area contributed by atoms with E-state index in [9.17, 15) is 16.8 Å². The fourth-order valence-electron chi connectivity index (χ4n) is 4.87. The second-order valence-corrected chi connectivity index (χ2v) is 13.2. The fourth-order valence-corrected chi connectivity index (χ4v) is 8.04. The molecule has 2 aliphatic rings. The maximum Gasteiger partial charge on any atom is 0.243 e. The summed E-state index contributed by atoms with van der Waals surface area (Å²) in [7, 11) is -7.12. The number of sulfonamides is 1. The lowest BCUT2D eigenvalue weighted by Crippen LogP contribution is -2.38. The molecule has 2 heterocycles. The quantitative estimate of drug-likeness (QED) is 0.540. The van der Waals surface area contributed by atoms with E-state index in [1.807, 2.05) is 18.2 Å². The minimum atomic E-state index is -3.65. The minimum absolute atomic E-state index is 0.0744. The lowest BCUT2D eigenvalue weighted by Gasteiger charge is -2.31. The first kappa shape index (κ1) is 25.1. The Morgan fingerprint density at radius 3 is 2.12 bits per heavy atom. The van der Waals surface area contributed by atoms with Crippen LogP contribution in [0, 0.1) is 11.8 Å². The Morgan fingerprint density at radius 1 is 0.853 bits per heavy atom. The van der Waals surface area contributed by atoms with Gasteiger partial charge in [-0.1, -0.05) is 36.9 Å². The van der Waals surface area contributed by atoms with Gasteiger partial charge in [-0.25, -0.2) is 16.8 Å². The van der Waals surface area contributed by atoms with E-state index in [-0.39, 0.29) is 21.5 Å². The van der Waals surface area contributed by atoms with Gasteiger partial charge in [-0.3, -0.25) is 0 Å². The van der Waals surface area contributed by atoms with Crippen molar-refractivity contribution in [3.63, 3.8) is 0 Å². The van der Waals surface area contributed by atoms with Gasteiger partial charge < -0.3 is 4.74 Å². The van der Waals surface area contributed by atoms with Crippen molar-refractivity contribution in [2.75, 3.05) is 32.1 Å². The molecule has 2 aromatic rings. The topological polar surface area (TPSA) is 80.8 Å². The summed E-state index contributed by atoms with van der Waals surface area (Å²) in [6, 6.07) is 13.9. The Morgan fingerprint density at radius 2 is 1.47 bits per heavy atom. The molecule has 6 nitrogen and oxygen atoms in total. The van der Waals surface area contributed by atoms with E-state index in [0.29, 0.717) is 32.2 Å². The molecule has 0 N–H and O–H groups in total. The van der Waals surface area contributed by atoms with Gasteiger partial charge in [-0.15, -0.1) is 0 Å². The van der Waals surface area contributed by atoms with Crippen molar-refractivity contribution in [2.45, 2.75) is 41.9 Å². The highest BCUT2D eigenvalue weighted by Gasteiger charge is 2.30. The molecule has 0 radical (unpaired) electrons. The SMILES string of the molecule is C=Cc1ccccc1CC1CCN(S(=O)(=O)c2ccc(S(=O)(=O)CC3CCOCC3)cc2)CC1. The van der Waals surface area contributed by atoms with Crippen LogP contribution >= 0.6 is 0 Å². The van der Waals surface area contributed by atoms with Crippen molar-refractivity contribution in [1.29, 1.82) is 0 Å². The predicted molar refractivity (Wildman–Crippen MR) is 134 cm³/mol. The van der Waals surface area contributed by atoms with E-state index in [2.05, 4.69) is 18.7 Å². The molecule has 2 fully saturated rings. The summed E-state index contributed by atoms with van der Waals surface area (Å²) >= 11 is 0. The summed E-state index contributed by atoms with van der Waals surface area (Å²) < 4.78 is 58.8. The molecule has 0 aromatic heterocycles. The second-order valence-electron chi connectivity index (χ2n) is 9.26. The molecule has 0 unspecified atom stereocenters. The number of rotatable bonds is 8. The van der Waals surface area contributed by atoms with E-state index in [1.165, 1.54) is 34.1 Å². The Kier molecular flexibility index (Phi) is 7.92. The summed E-state index contributed by atoms with van der Waals surface area (Å²) in [5.41, 5.74) is 2.38. The molecule has 34 heavy (non-hydrogen) atoms. The van der Waals surface area contributed by atoms with Crippen LogP contribution in [0.2, 0.25) is 0 Å². The van der Waals surface area contributed by atoms with Gasteiger partial charge >= 0.3 is 0 Å². The maximum atomic E-state index is 13.2. The molecule has 184 valence electrons. The molecule has 2 aromatic carbocycles. The Bertz CT molecular complexity index is 1190. The van der Waals surface area contributed by atoms with Crippen LogP contribution in [0.15, 0.2) is 64.9 Å². The molecular formula is C26H33NO5S2. The Hall–Kier alpha value is -2.00. The second kappa shape index (κ2) is 10.7. The Labute approximate surface area is 203 Å². The highest BCUT2D eigenvalue weighted by molar-refractivity contribution is 7.91. The summed E-state index contributed by atoms with van der Waals surface area (Å²) in [5.74, 6) is 0.581. The van der Waals surface area contributed by atoms with E-state index >= 15 is 0 Å². The first-order valence-electron chi connectivity index (χ1n) is 11.9. The monoisotopic (exact) mass is 503 g/mol. The van der Waals surface area contributed by atoms with Crippen LogP contribution in [0.25, 0.3) is 6.08 Å². The molecule has 0 amide bonds. The van der Waals surface area contributed by atoms with Gasteiger partial charge in [0.2, 0.25) is 10.0 Å². The highest BCUT2D eigenvalue weighted by Crippen LogP contribution is 2.28. The Balaban J connectivity index is 1.38. The number of ether oxygens (including phenoxy) is 1. The summed E-state index contributed by atoms with van der Waals surface area (Å²) in [4.78, 5) is 0.325. The molecular weight excluding hydrogens is 470 g/mol. The molecule has 0 bridgehead atoms. The number of hydrogen-bond acceptors (Lipinski definition) is 5. The van der Waals surface area contributed by atoms with Crippen molar-refractivity contribution in [3.8, 4) is 0 Å². The molecule has 0 atom stereocenters. The molecule has 0 aliphatic carbocycles. The van der Waals surface area contributed by atoms with Gasteiger partial charge in [0, 0.05) is 26.3 Å². The lowest BCUT2D eigenvalue weighted by atomic mass is 9.89. The first-order chi connectivity index (χ1) is 16.3. The van der Waals surface area contributed by atoms with Crippen molar-refractivity contribution in [2.24, 2.45) is 11.8 Å². The van der Waals surface area contributed by atoms with Gasteiger partial charge in [0.1, 0.15) is 0 Å². The standard InChI is InChI=1S/C26H33NO5S2/c1-2-23-5-3-4-6-24(23)19-21-11-15-27(16-12-21)34(30,31)26-9-7-25(8-10-26)33(28,29)20-22-13-17-32-18-14-22/h2-10,21-22H,1,11-20H2. The normalized spacial score (nSPS) is 19.2. The molecule has 0 spiro atoms. The lowest BCUT2D eigenvalue weighted by molar-refractivity contribution is 0.0723. The third-order valence-corrected chi connectivity index (χ3v) is 10.8. The van der Waals surface area contributed by atoms with Crippen LogP contribution in [-0.2, 0) is 31.0 Å². The van der Waals surface area contributed by atoms with Gasteiger partial charge in [0.25, 0.3) is 0 Å². The fraction of sp³-hybridized carbons (Fsp3) is 0.462. The van der Waals surface area contributed by atoms with E-state index in [4.69, 9.17) is 4.74 Å². The zero-order valence-corrected chi connectivity index (χ0v) is 21.1. The number of benzene rings is 2. The molecule has 2 aliphatic heterocycles. The summed E-state index contributed by atoms with van der Waals surface area (Å²) in [6.45, 7) is 6.00. The first-order valence-corrected chi connectivity index (χ1v) is 15.0. The van der Waals surface area contributed by atoms with Crippen LogP contribution in [0.5, 0.6) is 0 Å². The van der Waals surface area contributed by atoms with Crippen molar-refractivity contribution in [3.05, 3.63) is 66.2 Å². The van der Waals surface area contributed by atoms with Crippen LogP contribution in [0.3, 0.4) is 0 Å². The summed E-state index contributed by atoms with van der Waals surface area (Å²) in [5, 5.41) is 0. The molecule has 4 rings (SSSR count). The van der Waals surface area contributed by atoms with Crippen molar-refractivity contribution in [1.82, 2.24) is 4.31 Å². The van der Waals surface area contributed by atoms with Gasteiger partial charge in [0.15, 0.2) is 9.84 Å². The number of nitrogens with zero attached hydrogens (tertiary/aromatic N) is 1. The smallest absolute Gasteiger partial charge is 0.243 e. The molecule has 0 saturated carbocycles. The zero-order chi connectivity index (χ0) is 24.2. The number of hydrogen-bond donors (Lipinski definition) is 0. The van der Waals surface area contributed by atoms with E-state index in [0.717, 1.165) is 37.7 Å². The third kappa shape index (κ3) is 5.79. The van der Waals surface area contributed by atoms with Gasteiger partial charge in [0.05, 0.1) is 15.5 Å².